The first-order valence-corrected chi connectivity index (χ1v) is 5.62. The zero-order valence-electron chi connectivity index (χ0n) is 10.3. The minimum Gasteiger partial charge on any atom is -0.494 e. The Kier molecular flexibility index (Phi) is 3.62. The Labute approximate surface area is 105 Å². The zero-order chi connectivity index (χ0) is 13.0. The summed E-state index contributed by atoms with van der Waals surface area (Å²) < 4.78 is 11.7. The Morgan fingerprint density at radius 3 is 2.83 bits per heavy atom. The van der Waals surface area contributed by atoms with Crippen molar-refractivity contribution in [1.82, 2.24) is 9.78 Å². The van der Waals surface area contributed by atoms with E-state index in [2.05, 4.69) is 5.10 Å². The molecular formula is C13H14N2O3. The molecule has 0 bridgehead atoms. The Bertz CT molecular complexity index is 549. The van der Waals surface area contributed by atoms with Gasteiger partial charge in [-0.15, -0.1) is 0 Å². The van der Waals surface area contributed by atoms with Crippen LogP contribution < -0.4 is 4.74 Å². The minimum absolute atomic E-state index is 0.280. The average Bonchev–Trinajstić information content (AvgIpc) is 2.88. The lowest BCUT2D eigenvalue weighted by Gasteiger charge is -2.07. The summed E-state index contributed by atoms with van der Waals surface area (Å²) in [4.78, 5) is 11.5. The second-order valence-electron chi connectivity index (χ2n) is 3.54. The molecular weight excluding hydrogens is 232 g/mol. The standard InChI is InChI=1S/C13H14N2O3/c1-3-18-13(16)10-8-9-15(14-10)11-6-4-5-7-12(11)17-2/h4-9H,3H2,1-2H3. The molecule has 5 heteroatoms. The van der Waals surface area contributed by atoms with Crippen LogP contribution in [0.4, 0.5) is 0 Å². The van der Waals surface area contributed by atoms with E-state index in [1.165, 1.54) is 0 Å². The molecule has 0 saturated carbocycles. The molecule has 2 aromatic rings. The normalized spacial score (nSPS) is 10.1. The van der Waals surface area contributed by atoms with Crippen LogP contribution in [0.25, 0.3) is 5.69 Å². The summed E-state index contributed by atoms with van der Waals surface area (Å²) in [6, 6.07) is 9.06. The van der Waals surface area contributed by atoms with Gasteiger partial charge >= 0.3 is 5.97 Å². The van der Waals surface area contributed by atoms with Gasteiger partial charge in [0.1, 0.15) is 11.4 Å². The highest BCUT2D eigenvalue weighted by molar-refractivity contribution is 5.87. The molecule has 0 aliphatic heterocycles. The number of hydrogen-bond donors (Lipinski definition) is 0. The van der Waals surface area contributed by atoms with Crippen LogP contribution in [-0.2, 0) is 4.74 Å². The second kappa shape index (κ2) is 5.35. The number of para-hydroxylation sites is 2. The van der Waals surface area contributed by atoms with Gasteiger partial charge in [0.2, 0.25) is 0 Å². The van der Waals surface area contributed by atoms with Gasteiger partial charge in [0.25, 0.3) is 0 Å². The van der Waals surface area contributed by atoms with Crippen LogP contribution in [0.15, 0.2) is 36.5 Å². The van der Waals surface area contributed by atoms with E-state index in [-0.39, 0.29) is 5.69 Å². The van der Waals surface area contributed by atoms with Gasteiger partial charge in [0, 0.05) is 6.20 Å². The largest absolute Gasteiger partial charge is 0.494 e. The van der Waals surface area contributed by atoms with E-state index in [1.54, 1.807) is 31.0 Å². The summed E-state index contributed by atoms with van der Waals surface area (Å²) >= 11 is 0. The van der Waals surface area contributed by atoms with Crippen molar-refractivity contribution in [2.24, 2.45) is 0 Å². The number of benzene rings is 1. The van der Waals surface area contributed by atoms with Crippen LogP contribution in [0.1, 0.15) is 17.4 Å². The number of carbonyl (C=O) groups excluding carboxylic acids is 1. The Balaban J connectivity index is 2.32. The minimum atomic E-state index is -0.425. The van der Waals surface area contributed by atoms with Gasteiger partial charge in [-0.25, -0.2) is 9.48 Å². The summed E-state index contributed by atoms with van der Waals surface area (Å²) in [5.74, 6) is 0.266. The van der Waals surface area contributed by atoms with Crippen LogP contribution >= 0.6 is 0 Å². The predicted molar refractivity (Wildman–Crippen MR) is 66.1 cm³/mol. The lowest BCUT2D eigenvalue weighted by atomic mass is 10.3. The van der Waals surface area contributed by atoms with Crippen LogP contribution in [-0.4, -0.2) is 29.5 Å². The number of aromatic nitrogens is 2. The third kappa shape index (κ3) is 2.34. The van der Waals surface area contributed by atoms with E-state index in [1.807, 2.05) is 24.3 Å². The maximum atomic E-state index is 11.5. The van der Waals surface area contributed by atoms with E-state index in [0.717, 1.165) is 5.69 Å². The second-order valence-corrected chi connectivity index (χ2v) is 3.54. The molecule has 0 saturated heterocycles. The molecule has 1 aromatic carbocycles. The first-order valence-electron chi connectivity index (χ1n) is 5.62. The maximum absolute atomic E-state index is 11.5. The third-order valence-electron chi connectivity index (χ3n) is 2.41. The highest BCUT2D eigenvalue weighted by Crippen LogP contribution is 2.21. The number of esters is 1. The monoisotopic (exact) mass is 246 g/mol. The van der Waals surface area contributed by atoms with E-state index >= 15 is 0 Å². The van der Waals surface area contributed by atoms with Crippen LogP contribution in [0, 0.1) is 0 Å². The third-order valence-corrected chi connectivity index (χ3v) is 2.41. The van der Waals surface area contributed by atoms with Gasteiger partial charge in [0.15, 0.2) is 5.69 Å². The van der Waals surface area contributed by atoms with E-state index in [4.69, 9.17) is 9.47 Å². The molecule has 0 N–H and O–H groups in total. The Morgan fingerprint density at radius 2 is 2.11 bits per heavy atom. The van der Waals surface area contributed by atoms with Crippen molar-refractivity contribution in [2.75, 3.05) is 13.7 Å². The van der Waals surface area contributed by atoms with Crippen molar-refractivity contribution in [2.45, 2.75) is 6.92 Å². The summed E-state index contributed by atoms with van der Waals surface area (Å²) in [7, 11) is 1.59. The highest BCUT2D eigenvalue weighted by atomic mass is 16.5. The molecule has 1 heterocycles. The van der Waals surface area contributed by atoms with Crippen LogP contribution in [0.2, 0.25) is 0 Å². The fourth-order valence-corrected chi connectivity index (χ4v) is 1.59. The average molecular weight is 246 g/mol. The molecule has 0 aliphatic carbocycles. The predicted octanol–water partition coefficient (Wildman–Crippen LogP) is 2.06. The molecule has 18 heavy (non-hydrogen) atoms. The van der Waals surface area contributed by atoms with E-state index in [0.29, 0.717) is 12.4 Å². The quantitative estimate of drug-likeness (QED) is 0.775. The Hall–Kier alpha value is -2.30. The number of hydrogen-bond acceptors (Lipinski definition) is 4. The van der Waals surface area contributed by atoms with Crippen LogP contribution in [0.5, 0.6) is 5.75 Å². The lowest BCUT2D eigenvalue weighted by Crippen LogP contribution is -2.07. The van der Waals surface area contributed by atoms with Crippen molar-refractivity contribution in [3.05, 3.63) is 42.2 Å². The number of nitrogens with zero attached hydrogens (tertiary/aromatic N) is 2. The highest BCUT2D eigenvalue weighted by Gasteiger charge is 2.12. The molecule has 0 fully saturated rings. The van der Waals surface area contributed by atoms with Crippen LogP contribution in [0.3, 0.4) is 0 Å². The van der Waals surface area contributed by atoms with E-state index in [9.17, 15) is 4.79 Å². The summed E-state index contributed by atoms with van der Waals surface area (Å²) in [6.07, 6.45) is 1.70. The SMILES string of the molecule is CCOC(=O)c1ccn(-c2ccccc2OC)n1. The lowest BCUT2D eigenvalue weighted by molar-refractivity contribution is 0.0519. The summed E-state index contributed by atoms with van der Waals surface area (Å²) in [5, 5.41) is 4.17. The smallest absolute Gasteiger partial charge is 0.358 e. The topological polar surface area (TPSA) is 53.4 Å². The van der Waals surface area contributed by atoms with Crippen molar-refractivity contribution in [3.8, 4) is 11.4 Å². The molecule has 0 atom stereocenters. The number of rotatable bonds is 4. The molecule has 0 amide bonds. The summed E-state index contributed by atoms with van der Waals surface area (Å²) in [5.41, 5.74) is 1.05. The van der Waals surface area contributed by atoms with Crippen molar-refractivity contribution in [1.29, 1.82) is 0 Å². The number of methoxy groups -OCH3 is 1. The zero-order valence-corrected chi connectivity index (χ0v) is 10.3. The van der Waals surface area contributed by atoms with Gasteiger partial charge in [-0.2, -0.15) is 5.10 Å². The van der Waals surface area contributed by atoms with Crippen molar-refractivity contribution < 1.29 is 14.3 Å². The molecule has 94 valence electrons. The van der Waals surface area contributed by atoms with Gasteiger partial charge in [-0.3, -0.25) is 0 Å². The van der Waals surface area contributed by atoms with Gasteiger partial charge in [-0.1, -0.05) is 12.1 Å². The fraction of sp³-hybridized carbons (Fsp3) is 0.231. The number of ether oxygens (including phenoxy) is 2. The number of carbonyl (C=O) groups is 1. The molecule has 5 nitrogen and oxygen atoms in total. The fourth-order valence-electron chi connectivity index (χ4n) is 1.59. The van der Waals surface area contributed by atoms with E-state index < -0.39 is 5.97 Å². The molecule has 0 aliphatic rings. The Morgan fingerprint density at radius 1 is 1.33 bits per heavy atom. The molecule has 0 spiro atoms. The molecule has 0 radical (unpaired) electrons. The van der Waals surface area contributed by atoms with Gasteiger partial charge < -0.3 is 9.47 Å². The first-order chi connectivity index (χ1) is 8.76. The molecule has 0 unspecified atom stereocenters. The maximum Gasteiger partial charge on any atom is 0.358 e. The van der Waals surface area contributed by atoms with Crippen molar-refractivity contribution in [3.63, 3.8) is 0 Å². The summed E-state index contributed by atoms with van der Waals surface area (Å²) in [6.45, 7) is 2.09. The van der Waals surface area contributed by atoms with Gasteiger partial charge in [-0.05, 0) is 25.1 Å². The first kappa shape index (κ1) is 12.2. The molecule has 2 rings (SSSR count). The van der Waals surface area contributed by atoms with Gasteiger partial charge in [0.05, 0.1) is 13.7 Å². The molecule has 1 aromatic heterocycles. The van der Waals surface area contributed by atoms with Crippen molar-refractivity contribution >= 4 is 5.97 Å².